The molecule has 0 bridgehead atoms. The van der Waals surface area contributed by atoms with Gasteiger partial charge in [-0.25, -0.2) is 0 Å². The van der Waals surface area contributed by atoms with Crippen LogP contribution in [0.4, 0.5) is 0 Å². The van der Waals surface area contributed by atoms with E-state index < -0.39 is 0 Å². The Bertz CT molecular complexity index is 1030. The molecule has 0 amide bonds. The fraction of sp³-hybridized carbons (Fsp3) is 0.333. The maximum atomic E-state index is 5.62. The van der Waals surface area contributed by atoms with Crippen LogP contribution < -0.4 is 4.74 Å². The molecule has 0 aliphatic carbocycles. The maximum absolute atomic E-state index is 5.62. The Morgan fingerprint density at radius 2 is 1.93 bits per heavy atom. The normalized spacial score (nSPS) is 22.8. The highest BCUT2D eigenvalue weighted by Crippen LogP contribution is 2.48. The van der Waals surface area contributed by atoms with Crippen molar-refractivity contribution in [1.82, 2.24) is 14.5 Å². The van der Waals surface area contributed by atoms with Gasteiger partial charge < -0.3 is 14.2 Å². The predicted octanol–water partition coefficient (Wildman–Crippen LogP) is 5.25. The number of hydrogen-bond acceptors (Lipinski definition) is 5. The molecule has 1 saturated heterocycles. The number of rotatable bonds is 6. The zero-order valence-corrected chi connectivity index (χ0v) is 18.1. The molecule has 0 radical (unpaired) electrons. The molecule has 0 N–H and O–H groups in total. The smallest absolute Gasteiger partial charge is 0.160 e. The predicted molar refractivity (Wildman–Crippen MR) is 122 cm³/mol. The van der Waals surface area contributed by atoms with E-state index in [1.807, 2.05) is 43.1 Å². The highest BCUT2D eigenvalue weighted by molar-refractivity contribution is 8.14. The molecule has 3 aromatic rings. The molecule has 6 heteroatoms. The summed E-state index contributed by atoms with van der Waals surface area (Å²) in [6.45, 7) is 4.95. The van der Waals surface area contributed by atoms with Crippen molar-refractivity contribution in [2.24, 2.45) is 4.99 Å². The third-order valence-electron chi connectivity index (χ3n) is 5.84. The minimum absolute atomic E-state index is 0.000557. The minimum atomic E-state index is -0.000557. The third kappa shape index (κ3) is 3.29. The Balaban J connectivity index is 1.57. The average molecular weight is 419 g/mol. The summed E-state index contributed by atoms with van der Waals surface area (Å²) < 4.78 is 7.90. The van der Waals surface area contributed by atoms with Crippen LogP contribution in [0.15, 0.2) is 72.0 Å². The van der Waals surface area contributed by atoms with Crippen molar-refractivity contribution in [2.45, 2.75) is 38.4 Å². The number of amidine groups is 1. The monoisotopic (exact) mass is 418 g/mol. The first kappa shape index (κ1) is 19.2. The Morgan fingerprint density at radius 1 is 1.07 bits per heavy atom. The number of pyridine rings is 1. The van der Waals surface area contributed by atoms with Gasteiger partial charge in [0.05, 0.1) is 12.3 Å². The van der Waals surface area contributed by atoms with E-state index in [1.54, 1.807) is 0 Å². The van der Waals surface area contributed by atoms with Gasteiger partial charge in [-0.1, -0.05) is 24.8 Å². The number of ether oxygens (including phenoxy) is 1. The Labute approximate surface area is 181 Å². The number of nitrogens with zero attached hydrogens (tertiary/aromatic N) is 4. The summed E-state index contributed by atoms with van der Waals surface area (Å²) in [4.78, 5) is 12.3. The first-order chi connectivity index (χ1) is 14.8. The molecule has 5 nitrogen and oxygen atoms in total. The van der Waals surface area contributed by atoms with Gasteiger partial charge in [0.15, 0.2) is 5.17 Å². The van der Waals surface area contributed by atoms with E-state index >= 15 is 0 Å². The van der Waals surface area contributed by atoms with Gasteiger partial charge in [-0.3, -0.25) is 9.98 Å². The lowest BCUT2D eigenvalue weighted by Crippen LogP contribution is -2.36. The first-order valence-corrected chi connectivity index (χ1v) is 11.6. The molecular formula is C24H26N4OS. The Hall–Kier alpha value is -2.73. The fourth-order valence-electron chi connectivity index (χ4n) is 4.41. The maximum Gasteiger partial charge on any atom is 0.160 e. The van der Waals surface area contributed by atoms with Crippen molar-refractivity contribution < 1.29 is 4.74 Å². The molecule has 0 saturated carbocycles. The van der Waals surface area contributed by atoms with E-state index in [2.05, 4.69) is 64.0 Å². The van der Waals surface area contributed by atoms with Crippen LogP contribution in [-0.2, 0) is 0 Å². The van der Waals surface area contributed by atoms with Crippen LogP contribution in [0, 0.1) is 0 Å². The van der Waals surface area contributed by atoms with E-state index in [-0.39, 0.29) is 12.1 Å². The van der Waals surface area contributed by atoms with Crippen molar-refractivity contribution in [1.29, 1.82) is 0 Å². The van der Waals surface area contributed by atoms with Gasteiger partial charge in [-0.2, -0.15) is 0 Å². The standard InChI is InChI=1S/C24H26N4OS/c1-3-17-16-30-24-26-22(20-8-5-6-14-25-20)23(28(17)24)21-9-7-15-27(21)18-10-12-19(13-11-18)29-4-2/h5-15,17,22-23H,3-4,16H2,1-2H3/t17-,22-,23+/m1/s1. The van der Waals surface area contributed by atoms with Crippen molar-refractivity contribution in [3.8, 4) is 11.4 Å². The largest absolute Gasteiger partial charge is 0.494 e. The third-order valence-corrected chi connectivity index (χ3v) is 6.96. The van der Waals surface area contributed by atoms with E-state index in [4.69, 9.17) is 9.73 Å². The zero-order valence-electron chi connectivity index (χ0n) is 17.3. The number of aliphatic imine (C=N–C) groups is 1. The summed E-state index contributed by atoms with van der Waals surface area (Å²) in [7, 11) is 0. The van der Waals surface area contributed by atoms with Crippen LogP contribution in [0.2, 0.25) is 0 Å². The molecule has 4 heterocycles. The SMILES string of the molecule is CCOc1ccc(-n2cccc2[C@H]2[C@@H](c3ccccn3)N=C3SC[C@@H](CC)N32)cc1. The highest BCUT2D eigenvalue weighted by atomic mass is 32.2. The lowest BCUT2D eigenvalue weighted by molar-refractivity contribution is 0.249. The van der Waals surface area contributed by atoms with Gasteiger partial charge in [0.1, 0.15) is 17.8 Å². The van der Waals surface area contributed by atoms with Crippen molar-refractivity contribution in [3.63, 3.8) is 0 Å². The summed E-state index contributed by atoms with van der Waals surface area (Å²) in [6, 6.07) is 19.4. The van der Waals surface area contributed by atoms with Crippen molar-refractivity contribution in [2.75, 3.05) is 12.4 Å². The Morgan fingerprint density at radius 3 is 2.67 bits per heavy atom. The summed E-state index contributed by atoms with van der Waals surface area (Å²) in [5.41, 5.74) is 3.40. The quantitative estimate of drug-likeness (QED) is 0.548. The topological polar surface area (TPSA) is 42.6 Å². The zero-order chi connectivity index (χ0) is 20.5. The average Bonchev–Trinajstić information content (AvgIpc) is 3.50. The van der Waals surface area contributed by atoms with Crippen LogP contribution in [0.25, 0.3) is 5.69 Å². The molecule has 1 aromatic carbocycles. The fourth-order valence-corrected chi connectivity index (χ4v) is 5.75. The molecule has 154 valence electrons. The molecule has 5 rings (SSSR count). The summed E-state index contributed by atoms with van der Waals surface area (Å²) in [6.07, 6.45) is 5.12. The van der Waals surface area contributed by atoms with Crippen molar-refractivity contribution >= 4 is 16.9 Å². The van der Waals surface area contributed by atoms with Crippen LogP contribution in [0.3, 0.4) is 0 Å². The van der Waals surface area contributed by atoms with Crippen LogP contribution in [0.1, 0.15) is 43.7 Å². The second-order valence-corrected chi connectivity index (χ2v) is 8.55. The molecular weight excluding hydrogens is 392 g/mol. The second kappa shape index (κ2) is 8.19. The first-order valence-electron chi connectivity index (χ1n) is 10.6. The van der Waals surface area contributed by atoms with E-state index in [0.29, 0.717) is 12.6 Å². The minimum Gasteiger partial charge on any atom is -0.494 e. The van der Waals surface area contributed by atoms with Crippen molar-refractivity contribution in [3.05, 3.63) is 78.4 Å². The van der Waals surface area contributed by atoms with Gasteiger partial charge in [0.25, 0.3) is 0 Å². The number of thioether (sulfide) groups is 1. The summed E-state index contributed by atoms with van der Waals surface area (Å²) in [5, 5.41) is 1.15. The molecule has 30 heavy (non-hydrogen) atoms. The van der Waals surface area contributed by atoms with Gasteiger partial charge in [-0.05, 0) is 61.9 Å². The van der Waals surface area contributed by atoms with Gasteiger partial charge >= 0.3 is 0 Å². The van der Waals surface area contributed by atoms with E-state index in [9.17, 15) is 0 Å². The molecule has 3 atom stereocenters. The van der Waals surface area contributed by atoms with Crippen LogP contribution >= 0.6 is 11.8 Å². The van der Waals surface area contributed by atoms with Crippen LogP contribution in [0.5, 0.6) is 5.75 Å². The molecule has 1 fully saturated rings. The van der Waals surface area contributed by atoms with Crippen LogP contribution in [-0.4, -0.2) is 38.0 Å². The number of hydrogen-bond donors (Lipinski definition) is 0. The summed E-state index contributed by atoms with van der Waals surface area (Å²) in [5.74, 6) is 2.00. The van der Waals surface area contributed by atoms with Gasteiger partial charge in [0.2, 0.25) is 0 Å². The molecule has 0 unspecified atom stereocenters. The molecule has 2 aliphatic rings. The second-order valence-electron chi connectivity index (χ2n) is 7.57. The lowest BCUT2D eigenvalue weighted by atomic mass is 9.99. The van der Waals surface area contributed by atoms with Gasteiger partial charge in [-0.15, -0.1) is 0 Å². The molecule has 0 spiro atoms. The number of aromatic nitrogens is 2. The number of fused-ring (bicyclic) bond motifs is 1. The summed E-state index contributed by atoms with van der Waals surface area (Å²) >= 11 is 1.88. The molecule has 2 aliphatic heterocycles. The molecule has 2 aromatic heterocycles. The van der Waals surface area contributed by atoms with Gasteiger partial charge in [0, 0.05) is 35.6 Å². The van der Waals surface area contributed by atoms with E-state index in [0.717, 1.165) is 34.5 Å². The lowest BCUT2D eigenvalue weighted by Gasteiger charge is -2.32. The van der Waals surface area contributed by atoms with E-state index in [1.165, 1.54) is 5.69 Å². The highest BCUT2D eigenvalue weighted by Gasteiger charge is 2.46. The Kier molecular flexibility index (Phi) is 5.25. The number of benzene rings is 1.